The van der Waals surface area contributed by atoms with Crippen molar-refractivity contribution < 1.29 is 13.9 Å². The molecule has 1 aromatic carbocycles. The van der Waals surface area contributed by atoms with E-state index in [9.17, 15) is 9.18 Å². The van der Waals surface area contributed by atoms with Gasteiger partial charge in [0.15, 0.2) is 5.78 Å². The molecule has 1 heterocycles. The lowest BCUT2D eigenvalue weighted by atomic mass is 10.2. The summed E-state index contributed by atoms with van der Waals surface area (Å²) < 4.78 is 18.6. The molecule has 98 valence electrons. The molecule has 0 bridgehead atoms. The van der Waals surface area contributed by atoms with Crippen molar-refractivity contribution >= 4 is 5.78 Å². The summed E-state index contributed by atoms with van der Waals surface area (Å²) in [6.45, 7) is 3.55. The predicted molar refractivity (Wildman–Crippen MR) is 70.1 cm³/mol. The molecule has 2 rings (SSSR count). The van der Waals surface area contributed by atoms with Gasteiger partial charge in [-0.05, 0) is 42.8 Å². The van der Waals surface area contributed by atoms with Gasteiger partial charge in [-0.1, -0.05) is 6.92 Å². The van der Waals surface area contributed by atoms with Gasteiger partial charge in [-0.25, -0.2) is 9.37 Å². The Labute approximate surface area is 111 Å². The fourth-order valence-corrected chi connectivity index (χ4v) is 1.64. The van der Waals surface area contributed by atoms with Crippen LogP contribution >= 0.6 is 0 Å². The van der Waals surface area contributed by atoms with Gasteiger partial charge in [-0.2, -0.15) is 0 Å². The highest BCUT2D eigenvalue weighted by Crippen LogP contribution is 2.25. The Hall–Kier alpha value is -2.23. The number of pyridine rings is 1. The third-order valence-electron chi connectivity index (χ3n) is 2.71. The zero-order valence-electron chi connectivity index (χ0n) is 10.8. The lowest BCUT2D eigenvalue weighted by Crippen LogP contribution is -1.99. The Morgan fingerprint density at radius 2 is 2.11 bits per heavy atom. The summed E-state index contributed by atoms with van der Waals surface area (Å²) in [7, 11) is 0. The highest BCUT2D eigenvalue weighted by atomic mass is 19.1. The number of halogens is 1. The van der Waals surface area contributed by atoms with Gasteiger partial charge in [0.2, 0.25) is 0 Å². The third kappa shape index (κ3) is 3.16. The van der Waals surface area contributed by atoms with E-state index >= 15 is 0 Å². The lowest BCUT2D eigenvalue weighted by Gasteiger charge is -2.08. The first-order chi connectivity index (χ1) is 9.10. The molecule has 4 heteroatoms. The predicted octanol–water partition coefficient (Wildman–Crippen LogP) is 3.91. The van der Waals surface area contributed by atoms with Crippen LogP contribution in [0.15, 0.2) is 36.5 Å². The molecule has 0 atom stereocenters. The normalized spacial score (nSPS) is 10.3. The average Bonchev–Trinajstić information content (AvgIpc) is 2.42. The van der Waals surface area contributed by atoms with Crippen molar-refractivity contribution in [1.29, 1.82) is 0 Å². The Kier molecular flexibility index (Phi) is 3.90. The number of Topliss-reactive ketones (excluding diaryl/α,β-unsaturated/α-hetero) is 1. The van der Waals surface area contributed by atoms with Gasteiger partial charge in [0.05, 0.1) is 6.20 Å². The van der Waals surface area contributed by atoms with Crippen molar-refractivity contribution in [2.45, 2.75) is 20.3 Å². The van der Waals surface area contributed by atoms with Gasteiger partial charge in [0.1, 0.15) is 23.0 Å². The number of carbonyl (C=O) groups excluding carboxylic acids is 1. The van der Waals surface area contributed by atoms with E-state index in [-0.39, 0.29) is 11.6 Å². The van der Waals surface area contributed by atoms with Gasteiger partial charge in [0.25, 0.3) is 0 Å². The van der Waals surface area contributed by atoms with Crippen LogP contribution in [-0.2, 0) is 0 Å². The second-order valence-corrected chi connectivity index (χ2v) is 4.17. The topological polar surface area (TPSA) is 39.2 Å². The maximum absolute atomic E-state index is 13.0. The Balaban J connectivity index is 2.17. The summed E-state index contributed by atoms with van der Waals surface area (Å²) in [6, 6.07) is 7.61. The highest BCUT2D eigenvalue weighted by Gasteiger charge is 2.06. The Morgan fingerprint density at radius 3 is 2.68 bits per heavy atom. The number of aryl methyl sites for hydroxylation is 1. The van der Waals surface area contributed by atoms with E-state index in [2.05, 4.69) is 4.98 Å². The van der Waals surface area contributed by atoms with E-state index in [0.29, 0.717) is 29.2 Å². The van der Waals surface area contributed by atoms with Crippen LogP contribution in [0.4, 0.5) is 4.39 Å². The largest absolute Gasteiger partial charge is 0.455 e. The quantitative estimate of drug-likeness (QED) is 0.781. The maximum atomic E-state index is 13.0. The number of aromatic nitrogens is 1. The summed E-state index contributed by atoms with van der Waals surface area (Å²) in [5.41, 5.74) is 1.12. The van der Waals surface area contributed by atoms with Crippen LogP contribution in [-0.4, -0.2) is 10.8 Å². The van der Waals surface area contributed by atoms with Crippen molar-refractivity contribution in [2.75, 3.05) is 0 Å². The first kappa shape index (κ1) is 13.2. The molecule has 2 aromatic rings. The molecule has 0 aliphatic heterocycles. The standard InChI is InChI=1S/C15H14FNO2/c1-3-14(18)13-6-5-12(9-17-13)19-15-7-4-11(16)8-10(15)2/h4-9H,3H2,1-2H3. The number of hydrogen-bond acceptors (Lipinski definition) is 3. The SMILES string of the molecule is CCC(=O)c1ccc(Oc2ccc(F)cc2C)cn1. The molecular formula is C15H14FNO2. The molecule has 0 saturated carbocycles. The van der Waals surface area contributed by atoms with Crippen LogP contribution in [0.1, 0.15) is 29.4 Å². The van der Waals surface area contributed by atoms with Gasteiger partial charge in [0, 0.05) is 6.42 Å². The molecule has 0 spiro atoms. The second-order valence-electron chi connectivity index (χ2n) is 4.17. The number of carbonyl (C=O) groups is 1. The van der Waals surface area contributed by atoms with E-state index in [1.807, 2.05) is 0 Å². The summed E-state index contributed by atoms with van der Waals surface area (Å²) in [6.07, 6.45) is 1.91. The summed E-state index contributed by atoms with van der Waals surface area (Å²) in [5, 5.41) is 0. The smallest absolute Gasteiger partial charge is 0.180 e. The molecule has 0 saturated heterocycles. The Bertz CT molecular complexity index is 594. The van der Waals surface area contributed by atoms with Crippen molar-refractivity contribution in [1.82, 2.24) is 4.98 Å². The van der Waals surface area contributed by atoms with Crippen LogP contribution in [0.25, 0.3) is 0 Å². The van der Waals surface area contributed by atoms with Crippen LogP contribution in [0.2, 0.25) is 0 Å². The lowest BCUT2D eigenvalue weighted by molar-refractivity contribution is 0.0983. The first-order valence-electron chi connectivity index (χ1n) is 6.03. The number of hydrogen-bond donors (Lipinski definition) is 0. The molecular weight excluding hydrogens is 245 g/mol. The van der Waals surface area contributed by atoms with Crippen LogP contribution in [0, 0.1) is 12.7 Å². The van der Waals surface area contributed by atoms with E-state index < -0.39 is 0 Å². The average molecular weight is 259 g/mol. The number of benzene rings is 1. The molecule has 3 nitrogen and oxygen atoms in total. The van der Waals surface area contributed by atoms with Gasteiger partial charge in [-0.15, -0.1) is 0 Å². The minimum absolute atomic E-state index is 0.00971. The summed E-state index contributed by atoms with van der Waals surface area (Å²) in [5.74, 6) is 0.775. The fraction of sp³-hybridized carbons (Fsp3) is 0.200. The van der Waals surface area contributed by atoms with Crippen molar-refractivity contribution in [3.63, 3.8) is 0 Å². The molecule has 1 aromatic heterocycles. The summed E-state index contributed by atoms with van der Waals surface area (Å²) in [4.78, 5) is 15.5. The maximum Gasteiger partial charge on any atom is 0.180 e. The Morgan fingerprint density at radius 1 is 1.32 bits per heavy atom. The number of ether oxygens (including phenoxy) is 1. The van der Waals surface area contributed by atoms with Gasteiger partial charge < -0.3 is 4.74 Å². The fourth-order valence-electron chi connectivity index (χ4n) is 1.64. The van der Waals surface area contributed by atoms with Gasteiger partial charge in [-0.3, -0.25) is 4.79 Å². The van der Waals surface area contributed by atoms with Gasteiger partial charge >= 0.3 is 0 Å². The molecule has 0 unspecified atom stereocenters. The molecule has 0 fully saturated rings. The molecule has 19 heavy (non-hydrogen) atoms. The zero-order valence-corrected chi connectivity index (χ0v) is 10.8. The monoisotopic (exact) mass is 259 g/mol. The van der Waals surface area contributed by atoms with Crippen molar-refractivity contribution in [3.05, 3.63) is 53.6 Å². The van der Waals surface area contributed by atoms with Crippen LogP contribution < -0.4 is 4.74 Å². The number of ketones is 1. The minimum atomic E-state index is -0.299. The van der Waals surface area contributed by atoms with E-state index in [1.165, 1.54) is 18.3 Å². The first-order valence-corrected chi connectivity index (χ1v) is 6.03. The zero-order chi connectivity index (χ0) is 13.8. The van der Waals surface area contributed by atoms with E-state index in [1.54, 1.807) is 32.0 Å². The van der Waals surface area contributed by atoms with Crippen molar-refractivity contribution in [3.8, 4) is 11.5 Å². The molecule has 0 aliphatic carbocycles. The number of rotatable bonds is 4. The van der Waals surface area contributed by atoms with E-state index in [0.717, 1.165) is 0 Å². The molecule has 0 amide bonds. The van der Waals surface area contributed by atoms with Crippen molar-refractivity contribution in [2.24, 2.45) is 0 Å². The summed E-state index contributed by atoms with van der Waals surface area (Å²) >= 11 is 0. The third-order valence-corrected chi connectivity index (χ3v) is 2.71. The van der Waals surface area contributed by atoms with E-state index in [4.69, 9.17) is 4.74 Å². The molecule has 0 N–H and O–H groups in total. The van der Waals surface area contributed by atoms with Crippen LogP contribution in [0.5, 0.6) is 11.5 Å². The second kappa shape index (κ2) is 5.61. The molecule has 0 aliphatic rings. The molecule has 0 radical (unpaired) electrons. The number of nitrogens with zero attached hydrogens (tertiary/aromatic N) is 1. The minimum Gasteiger partial charge on any atom is -0.455 e. The van der Waals surface area contributed by atoms with Crippen LogP contribution in [0.3, 0.4) is 0 Å². The highest BCUT2D eigenvalue weighted by molar-refractivity contribution is 5.93.